The highest BCUT2D eigenvalue weighted by Gasteiger charge is 2.36. The van der Waals surface area contributed by atoms with E-state index in [0.717, 1.165) is 18.2 Å². The molecule has 0 radical (unpaired) electrons. The molecule has 0 atom stereocenters. The van der Waals surface area contributed by atoms with E-state index in [9.17, 15) is 27.2 Å². The highest BCUT2D eigenvalue weighted by molar-refractivity contribution is 5.96. The van der Waals surface area contributed by atoms with Crippen LogP contribution < -0.4 is 15.0 Å². The number of alkyl halides is 3. The van der Waals surface area contributed by atoms with Crippen molar-refractivity contribution in [1.29, 1.82) is 5.26 Å². The fourth-order valence-corrected chi connectivity index (χ4v) is 3.73. The van der Waals surface area contributed by atoms with Crippen molar-refractivity contribution in [2.75, 3.05) is 36.4 Å². The Morgan fingerprint density at radius 3 is 2.35 bits per heavy atom. The molecule has 2 heterocycles. The van der Waals surface area contributed by atoms with Crippen LogP contribution in [0.2, 0.25) is 0 Å². The molecule has 2 amide bonds. The molecule has 1 fully saturated rings. The van der Waals surface area contributed by atoms with Gasteiger partial charge in [-0.2, -0.15) is 18.4 Å². The second kappa shape index (κ2) is 10.5. The van der Waals surface area contributed by atoms with Crippen molar-refractivity contribution in [3.63, 3.8) is 0 Å². The molecule has 1 aliphatic rings. The number of benzene rings is 2. The lowest BCUT2D eigenvalue weighted by Gasteiger charge is -2.35. The fraction of sp³-hybridized carbons (Fsp3) is 0.208. The molecule has 3 aromatic rings. The number of carbonyl (C=O) groups is 2. The van der Waals surface area contributed by atoms with Gasteiger partial charge < -0.3 is 14.5 Å². The lowest BCUT2D eigenvalue weighted by molar-refractivity contribution is -0.138. The Kier molecular flexibility index (Phi) is 7.19. The minimum absolute atomic E-state index is 0.0673. The maximum absolute atomic E-state index is 13.7. The van der Waals surface area contributed by atoms with Gasteiger partial charge in [-0.15, -0.1) is 10.2 Å². The summed E-state index contributed by atoms with van der Waals surface area (Å²) in [6.45, 7) is 0.933. The maximum atomic E-state index is 13.7. The summed E-state index contributed by atoms with van der Waals surface area (Å²) < 4.78 is 58.5. The normalized spacial score (nSPS) is 13.6. The molecule has 1 aromatic heterocycles. The molecule has 0 saturated carbocycles. The van der Waals surface area contributed by atoms with Crippen molar-refractivity contribution >= 4 is 23.5 Å². The Morgan fingerprint density at radius 2 is 1.70 bits per heavy atom. The summed E-state index contributed by atoms with van der Waals surface area (Å²) >= 11 is 0. The molecule has 37 heavy (non-hydrogen) atoms. The van der Waals surface area contributed by atoms with Crippen molar-refractivity contribution in [2.45, 2.75) is 6.18 Å². The van der Waals surface area contributed by atoms with Crippen LogP contribution >= 0.6 is 0 Å². The summed E-state index contributed by atoms with van der Waals surface area (Å²) in [5.74, 6) is -1.25. The zero-order valence-electron chi connectivity index (χ0n) is 19.0. The number of aromatic nitrogens is 2. The van der Waals surface area contributed by atoms with E-state index in [4.69, 9.17) is 10.00 Å². The van der Waals surface area contributed by atoms with Gasteiger partial charge in [0.15, 0.2) is 5.82 Å². The first-order valence-corrected chi connectivity index (χ1v) is 10.9. The van der Waals surface area contributed by atoms with E-state index in [2.05, 4.69) is 15.5 Å². The van der Waals surface area contributed by atoms with E-state index in [0.29, 0.717) is 18.9 Å². The number of nitriles is 1. The number of hydrogen-bond donors (Lipinski definition) is 1. The van der Waals surface area contributed by atoms with Crippen LogP contribution in [0.4, 0.5) is 33.9 Å². The van der Waals surface area contributed by atoms with Crippen LogP contribution in [-0.4, -0.2) is 53.3 Å². The molecule has 0 spiro atoms. The molecule has 9 nitrogen and oxygen atoms in total. The molecule has 1 saturated heterocycles. The number of rotatable bonds is 4. The number of piperazine rings is 1. The molecule has 0 bridgehead atoms. The molecule has 190 valence electrons. The van der Waals surface area contributed by atoms with Gasteiger partial charge in [-0.3, -0.25) is 10.1 Å². The van der Waals surface area contributed by atoms with Crippen LogP contribution in [0.25, 0.3) is 0 Å². The van der Waals surface area contributed by atoms with Crippen molar-refractivity contribution in [3.05, 3.63) is 77.1 Å². The maximum Gasteiger partial charge on any atom is 0.418 e. The molecule has 0 aliphatic carbocycles. The van der Waals surface area contributed by atoms with Crippen molar-refractivity contribution in [3.8, 4) is 11.9 Å². The summed E-state index contributed by atoms with van der Waals surface area (Å²) in [5.41, 5.74) is -1.79. The number of nitrogens with zero attached hydrogens (tertiary/aromatic N) is 5. The van der Waals surface area contributed by atoms with Crippen LogP contribution in [0.15, 0.2) is 54.6 Å². The highest BCUT2D eigenvalue weighted by atomic mass is 19.4. The van der Waals surface area contributed by atoms with Gasteiger partial charge in [0.05, 0.1) is 16.8 Å². The Labute approximate surface area is 207 Å². The van der Waals surface area contributed by atoms with E-state index in [1.807, 2.05) is 0 Å². The van der Waals surface area contributed by atoms with E-state index in [1.54, 1.807) is 11.0 Å². The molecular formula is C24H18F4N6O3. The molecule has 1 aliphatic heterocycles. The van der Waals surface area contributed by atoms with Crippen LogP contribution in [0.3, 0.4) is 0 Å². The summed E-state index contributed by atoms with van der Waals surface area (Å²) in [4.78, 5) is 28.0. The van der Waals surface area contributed by atoms with Crippen LogP contribution in [-0.2, 0) is 6.18 Å². The Bertz CT molecular complexity index is 1350. The number of hydrogen-bond acceptors (Lipinski definition) is 7. The predicted octanol–water partition coefficient (Wildman–Crippen LogP) is 4.08. The Hall–Kier alpha value is -4.73. The zero-order valence-corrected chi connectivity index (χ0v) is 19.0. The second-order valence-corrected chi connectivity index (χ2v) is 7.84. The van der Waals surface area contributed by atoms with Crippen molar-refractivity contribution in [2.24, 2.45) is 0 Å². The molecular weight excluding hydrogens is 496 g/mol. The van der Waals surface area contributed by atoms with Crippen LogP contribution in [0.5, 0.6) is 5.88 Å². The quantitative estimate of drug-likeness (QED) is 0.523. The minimum Gasteiger partial charge on any atom is -0.389 e. The fourth-order valence-electron chi connectivity index (χ4n) is 3.73. The lowest BCUT2D eigenvalue weighted by atomic mass is 10.1. The minimum atomic E-state index is -4.64. The third-order valence-electron chi connectivity index (χ3n) is 5.54. The average molecular weight is 514 g/mol. The largest absolute Gasteiger partial charge is 0.418 e. The Balaban J connectivity index is 1.34. The van der Waals surface area contributed by atoms with Crippen molar-refractivity contribution in [1.82, 2.24) is 15.1 Å². The van der Waals surface area contributed by atoms with E-state index in [-0.39, 0.29) is 30.2 Å². The van der Waals surface area contributed by atoms with Crippen LogP contribution in [0.1, 0.15) is 21.5 Å². The number of amides is 2. The van der Waals surface area contributed by atoms with Crippen molar-refractivity contribution < 1.29 is 31.9 Å². The molecule has 4 rings (SSSR count). The topological polar surface area (TPSA) is 111 Å². The SMILES string of the molecule is N#Cc1c(F)cccc1NC(=O)Oc1ccc(N2CCN(C(=O)c3ccccc3C(F)(F)F)CC2)nn1. The first-order chi connectivity index (χ1) is 17.7. The first-order valence-electron chi connectivity index (χ1n) is 10.9. The summed E-state index contributed by atoms with van der Waals surface area (Å²) in [6.07, 6.45) is -5.64. The number of halogens is 4. The monoisotopic (exact) mass is 514 g/mol. The van der Waals surface area contributed by atoms with Gasteiger partial charge in [0.25, 0.3) is 5.91 Å². The average Bonchev–Trinajstić information content (AvgIpc) is 2.88. The van der Waals surface area contributed by atoms with Gasteiger partial charge in [0, 0.05) is 32.2 Å². The highest BCUT2D eigenvalue weighted by Crippen LogP contribution is 2.32. The number of nitrogens with one attached hydrogen (secondary N) is 1. The van der Waals surface area contributed by atoms with E-state index < -0.39 is 35.1 Å². The second-order valence-electron chi connectivity index (χ2n) is 7.84. The van der Waals surface area contributed by atoms with E-state index >= 15 is 0 Å². The van der Waals surface area contributed by atoms with Gasteiger partial charge in [0.2, 0.25) is 5.88 Å². The summed E-state index contributed by atoms with van der Waals surface area (Å²) in [5, 5.41) is 19.1. The van der Waals surface area contributed by atoms with Gasteiger partial charge >= 0.3 is 12.3 Å². The standard InChI is InChI=1S/C24H18F4N6O3/c25-18-6-3-7-19(16(18)14-29)30-23(36)37-21-9-8-20(31-32-21)33-10-12-34(13-11-33)22(35)15-4-1-2-5-17(15)24(26,27)28/h1-9H,10-13H2,(H,30,36). The molecule has 1 N–H and O–H groups in total. The lowest BCUT2D eigenvalue weighted by Crippen LogP contribution is -2.49. The molecule has 13 heteroatoms. The van der Waals surface area contributed by atoms with Gasteiger partial charge in [-0.25, -0.2) is 9.18 Å². The summed E-state index contributed by atoms with van der Waals surface area (Å²) in [7, 11) is 0. The Morgan fingerprint density at radius 1 is 0.973 bits per heavy atom. The van der Waals surface area contributed by atoms with E-state index in [1.165, 1.54) is 41.3 Å². The number of ether oxygens (including phenoxy) is 1. The van der Waals surface area contributed by atoms with Gasteiger partial charge in [-0.1, -0.05) is 18.2 Å². The predicted molar refractivity (Wildman–Crippen MR) is 122 cm³/mol. The first kappa shape index (κ1) is 25.4. The summed E-state index contributed by atoms with van der Waals surface area (Å²) in [6, 6.07) is 12.9. The van der Waals surface area contributed by atoms with Gasteiger partial charge in [-0.05, 0) is 30.3 Å². The molecule has 2 aromatic carbocycles. The van der Waals surface area contributed by atoms with Gasteiger partial charge in [0.1, 0.15) is 17.4 Å². The third kappa shape index (κ3) is 5.75. The number of anilines is 2. The molecule has 0 unspecified atom stereocenters. The number of carbonyl (C=O) groups excluding carboxylic acids is 2. The van der Waals surface area contributed by atoms with Crippen LogP contribution in [0, 0.1) is 17.1 Å². The zero-order chi connectivity index (χ0) is 26.6. The smallest absolute Gasteiger partial charge is 0.389 e. The third-order valence-corrected chi connectivity index (χ3v) is 5.54.